The molecule has 5 heteroatoms. The van der Waals surface area contributed by atoms with Crippen LogP contribution in [-0.4, -0.2) is 37.6 Å². The molecule has 43 heavy (non-hydrogen) atoms. The van der Waals surface area contributed by atoms with Crippen LogP contribution in [0.25, 0.3) is 0 Å². The van der Waals surface area contributed by atoms with Gasteiger partial charge < -0.3 is 24.1 Å². The normalized spacial score (nSPS) is 12.9. The number of aliphatic hydroxyl groups excluding tert-OH is 1. The Morgan fingerprint density at radius 2 is 0.837 bits per heavy atom. The summed E-state index contributed by atoms with van der Waals surface area (Å²) in [7, 11) is 3.35. The molecular formula is C38H46O5. The Hall–Kier alpha value is -3.96. The summed E-state index contributed by atoms with van der Waals surface area (Å²) in [6.45, 7) is 13.0. The highest BCUT2D eigenvalue weighted by Crippen LogP contribution is 2.35. The molecule has 4 aromatic rings. The highest BCUT2D eigenvalue weighted by Gasteiger charge is 2.27. The van der Waals surface area contributed by atoms with Gasteiger partial charge in [-0.05, 0) is 84.6 Å². The Morgan fingerprint density at radius 1 is 0.512 bits per heavy atom. The van der Waals surface area contributed by atoms with Crippen molar-refractivity contribution in [2.75, 3.05) is 20.8 Å². The number of methoxy groups -OCH3 is 2. The second-order valence-corrected chi connectivity index (χ2v) is 12.8. The number of rotatable bonds is 13. The van der Waals surface area contributed by atoms with Crippen molar-refractivity contribution in [2.45, 2.75) is 70.5 Å². The van der Waals surface area contributed by atoms with Gasteiger partial charge in [0.05, 0.1) is 20.3 Å². The van der Waals surface area contributed by atoms with E-state index in [-0.39, 0.29) is 17.4 Å². The van der Waals surface area contributed by atoms with Crippen LogP contribution in [0.2, 0.25) is 0 Å². The van der Waals surface area contributed by atoms with Gasteiger partial charge in [-0.1, -0.05) is 76.2 Å². The zero-order valence-electron chi connectivity index (χ0n) is 26.8. The highest BCUT2D eigenvalue weighted by atomic mass is 16.5. The molecule has 0 radical (unpaired) electrons. The fourth-order valence-corrected chi connectivity index (χ4v) is 5.44. The molecule has 0 heterocycles. The first kappa shape index (κ1) is 32.0. The minimum atomic E-state index is -0.682. The maximum atomic E-state index is 10.8. The van der Waals surface area contributed by atoms with Crippen LogP contribution in [0.5, 0.6) is 23.0 Å². The van der Waals surface area contributed by atoms with Gasteiger partial charge in [0.25, 0.3) is 0 Å². The van der Waals surface area contributed by atoms with Gasteiger partial charge in [0.2, 0.25) is 0 Å². The summed E-state index contributed by atoms with van der Waals surface area (Å²) < 4.78 is 22.8. The molecule has 0 fully saturated rings. The molecule has 228 valence electrons. The smallest absolute Gasteiger partial charge is 0.120 e. The molecule has 0 aliphatic rings. The first-order chi connectivity index (χ1) is 20.3. The topological polar surface area (TPSA) is 57.2 Å². The van der Waals surface area contributed by atoms with E-state index < -0.39 is 11.7 Å². The molecule has 0 aliphatic carbocycles. The van der Waals surface area contributed by atoms with Crippen LogP contribution < -0.4 is 18.9 Å². The van der Waals surface area contributed by atoms with Gasteiger partial charge in [0, 0.05) is 17.3 Å². The van der Waals surface area contributed by atoms with E-state index in [2.05, 4.69) is 76.2 Å². The lowest BCUT2D eigenvalue weighted by Gasteiger charge is -2.30. The molecule has 5 nitrogen and oxygen atoms in total. The van der Waals surface area contributed by atoms with E-state index in [0.29, 0.717) is 6.42 Å². The van der Waals surface area contributed by atoms with Crippen molar-refractivity contribution < 1.29 is 24.1 Å². The first-order valence-electron chi connectivity index (χ1n) is 14.8. The van der Waals surface area contributed by atoms with Crippen LogP contribution in [0.15, 0.2) is 97.1 Å². The molecule has 0 saturated heterocycles. The average Bonchev–Trinajstić information content (AvgIpc) is 3.00. The lowest BCUT2D eigenvalue weighted by Crippen LogP contribution is -2.35. The molecule has 1 N–H and O–H groups in total. The van der Waals surface area contributed by atoms with Crippen molar-refractivity contribution in [3.05, 3.63) is 119 Å². The third-order valence-electron chi connectivity index (χ3n) is 8.34. The standard InChI is InChI=1S/C38H46O5/c1-36(2,43-35-23-15-30(16-24-35)38(5,6)28-11-19-33(41-8)20-12-28)25-31(39)26-42-34-21-13-29(14-22-34)37(3,4)27-9-17-32(40-7)18-10-27/h9-24,31,39H,25-26H2,1-8H3. The summed E-state index contributed by atoms with van der Waals surface area (Å²) in [6.07, 6.45) is -0.256. The van der Waals surface area contributed by atoms with Crippen molar-refractivity contribution in [1.82, 2.24) is 0 Å². The van der Waals surface area contributed by atoms with Crippen LogP contribution >= 0.6 is 0 Å². The number of hydrogen-bond donors (Lipinski definition) is 1. The first-order valence-corrected chi connectivity index (χ1v) is 14.8. The van der Waals surface area contributed by atoms with Gasteiger partial charge in [-0.3, -0.25) is 0 Å². The van der Waals surface area contributed by atoms with Crippen molar-refractivity contribution in [3.8, 4) is 23.0 Å². The van der Waals surface area contributed by atoms with Gasteiger partial charge in [-0.15, -0.1) is 0 Å². The van der Waals surface area contributed by atoms with Crippen LogP contribution in [0.3, 0.4) is 0 Å². The largest absolute Gasteiger partial charge is 0.497 e. The molecule has 0 aromatic heterocycles. The molecule has 0 aliphatic heterocycles. The predicted molar refractivity (Wildman–Crippen MR) is 174 cm³/mol. The lowest BCUT2D eigenvalue weighted by molar-refractivity contribution is 0.0175. The summed E-state index contributed by atoms with van der Waals surface area (Å²) >= 11 is 0. The fourth-order valence-electron chi connectivity index (χ4n) is 5.44. The van der Waals surface area contributed by atoms with Gasteiger partial charge in [0.15, 0.2) is 0 Å². The summed E-state index contributed by atoms with van der Waals surface area (Å²) in [5.41, 5.74) is 3.86. The maximum Gasteiger partial charge on any atom is 0.120 e. The second-order valence-electron chi connectivity index (χ2n) is 12.8. The molecule has 0 amide bonds. The number of ether oxygens (including phenoxy) is 4. The minimum absolute atomic E-state index is 0.169. The Bertz CT molecular complexity index is 1430. The van der Waals surface area contributed by atoms with Crippen molar-refractivity contribution in [1.29, 1.82) is 0 Å². The molecule has 1 unspecified atom stereocenters. The Balaban J connectivity index is 1.30. The molecule has 0 bridgehead atoms. The molecule has 0 saturated carbocycles. The SMILES string of the molecule is COc1ccc(C(C)(C)c2ccc(OCC(O)CC(C)(C)Oc3ccc(C(C)(C)c4ccc(OC)cc4)cc3)cc2)cc1. The van der Waals surface area contributed by atoms with Crippen LogP contribution in [0.1, 0.15) is 70.2 Å². The zero-order valence-corrected chi connectivity index (χ0v) is 26.8. The Labute approximate surface area is 257 Å². The summed E-state index contributed by atoms with van der Waals surface area (Å²) in [4.78, 5) is 0. The van der Waals surface area contributed by atoms with E-state index in [4.69, 9.17) is 18.9 Å². The van der Waals surface area contributed by atoms with Crippen LogP contribution in [-0.2, 0) is 10.8 Å². The van der Waals surface area contributed by atoms with Gasteiger partial charge in [-0.25, -0.2) is 0 Å². The molecule has 0 spiro atoms. The number of benzene rings is 4. The van der Waals surface area contributed by atoms with E-state index in [1.54, 1.807) is 14.2 Å². The molecular weight excluding hydrogens is 536 g/mol. The van der Waals surface area contributed by atoms with E-state index in [1.165, 1.54) is 22.3 Å². The predicted octanol–water partition coefficient (Wildman–Crippen LogP) is 8.34. The maximum absolute atomic E-state index is 10.8. The number of aliphatic hydroxyl groups is 1. The van der Waals surface area contributed by atoms with E-state index in [0.717, 1.165) is 23.0 Å². The van der Waals surface area contributed by atoms with Crippen LogP contribution in [0, 0.1) is 0 Å². The lowest BCUT2D eigenvalue weighted by atomic mass is 9.78. The second kappa shape index (κ2) is 13.1. The van der Waals surface area contributed by atoms with Gasteiger partial charge >= 0.3 is 0 Å². The average molecular weight is 583 g/mol. The Kier molecular flexibility index (Phi) is 9.76. The molecule has 4 aromatic carbocycles. The van der Waals surface area contributed by atoms with Gasteiger partial charge in [0.1, 0.15) is 35.2 Å². The molecule has 1 atom stereocenters. The Morgan fingerprint density at radius 3 is 1.19 bits per heavy atom. The summed E-state index contributed by atoms with van der Waals surface area (Å²) in [6, 6.07) is 32.7. The van der Waals surface area contributed by atoms with E-state index in [9.17, 15) is 5.11 Å². The minimum Gasteiger partial charge on any atom is -0.497 e. The van der Waals surface area contributed by atoms with E-state index in [1.807, 2.05) is 62.4 Å². The van der Waals surface area contributed by atoms with E-state index >= 15 is 0 Å². The third kappa shape index (κ3) is 7.91. The highest BCUT2D eigenvalue weighted by molar-refractivity contribution is 5.43. The van der Waals surface area contributed by atoms with Gasteiger partial charge in [-0.2, -0.15) is 0 Å². The van der Waals surface area contributed by atoms with Crippen LogP contribution in [0.4, 0.5) is 0 Å². The summed E-state index contributed by atoms with van der Waals surface area (Å²) in [5.74, 6) is 3.18. The van der Waals surface area contributed by atoms with Crippen molar-refractivity contribution >= 4 is 0 Å². The molecule has 4 rings (SSSR count). The monoisotopic (exact) mass is 582 g/mol. The number of hydrogen-bond acceptors (Lipinski definition) is 5. The quantitative estimate of drug-likeness (QED) is 0.172. The zero-order chi connectivity index (χ0) is 31.3. The third-order valence-corrected chi connectivity index (χ3v) is 8.34. The fraction of sp³-hybridized carbons (Fsp3) is 0.368. The van der Waals surface area contributed by atoms with Crippen molar-refractivity contribution in [3.63, 3.8) is 0 Å². The van der Waals surface area contributed by atoms with Crippen molar-refractivity contribution in [2.24, 2.45) is 0 Å². The summed E-state index contributed by atoms with van der Waals surface area (Å²) in [5, 5.41) is 10.8.